The van der Waals surface area contributed by atoms with E-state index >= 15 is 0 Å². The lowest BCUT2D eigenvalue weighted by Crippen LogP contribution is -2.43. The van der Waals surface area contributed by atoms with Gasteiger partial charge in [-0.1, -0.05) is 44.2 Å². The highest BCUT2D eigenvalue weighted by Crippen LogP contribution is 2.33. The standard InChI is InChI=1S/C29H31N3O8S2/c1-17(2)26(29(34)35)30-16-42(38,39)22-14-10-20(11-15-22)19-8-12-21(13-9-19)31-28(33)27-18(3)25-23(32-41(4,36)37)6-5-7-24(25)40-27/h5-15,17,26,30,32H,16H2,1-4H3,(H,31,33)(H,34,35). The summed E-state index contributed by atoms with van der Waals surface area (Å²) in [5.41, 5.74) is 3.17. The van der Waals surface area contributed by atoms with E-state index in [1.54, 1.807) is 75.4 Å². The molecule has 4 rings (SSSR count). The minimum Gasteiger partial charge on any atom is -0.480 e. The van der Waals surface area contributed by atoms with Crippen molar-refractivity contribution in [1.29, 1.82) is 0 Å². The molecule has 13 heteroatoms. The molecule has 0 fully saturated rings. The van der Waals surface area contributed by atoms with Crippen LogP contribution in [0.2, 0.25) is 0 Å². The van der Waals surface area contributed by atoms with Gasteiger partial charge in [-0.15, -0.1) is 0 Å². The molecular formula is C29H31N3O8S2. The predicted molar refractivity (Wildman–Crippen MR) is 161 cm³/mol. The maximum Gasteiger partial charge on any atom is 0.320 e. The third-order valence-electron chi connectivity index (χ3n) is 6.57. The van der Waals surface area contributed by atoms with Gasteiger partial charge >= 0.3 is 5.97 Å². The van der Waals surface area contributed by atoms with Crippen molar-refractivity contribution in [2.75, 3.05) is 22.2 Å². The fraction of sp³-hybridized carbons (Fsp3) is 0.241. The molecule has 0 radical (unpaired) electrons. The predicted octanol–water partition coefficient (Wildman–Crippen LogP) is 4.46. The average Bonchev–Trinajstić information content (AvgIpc) is 3.25. The molecule has 0 spiro atoms. The van der Waals surface area contributed by atoms with Crippen molar-refractivity contribution >= 4 is 54.1 Å². The van der Waals surface area contributed by atoms with E-state index in [2.05, 4.69) is 15.4 Å². The first-order valence-electron chi connectivity index (χ1n) is 12.9. The van der Waals surface area contributed by atoms with Crippen LogP contribution in [0.1, 0.15) is 30.0 Å². The highest BCUT2D eigenvalue weighted by atomic mass is 32.2. The number of amides is 1. The van der Waals surface area contributed by atoms with E-state index in [-0.39, 0.29) is 16.6 Å². The zero-order valence-electron chi connectivity index (χ0n) is 23.3. The number of hydrogen-bond donors (Lipinski definition) is 4. The van der Waals surface area contributed by atoms with Gasteiger partial charge in [0, 0.05) is 16.6 Å². The van der Waals surface area contributed by atoms with Crippen LogP contribution in [0.5, 0.6) is 0 Å². The van der Waals surface area contributed by atoms with Crippen LogP contribution in [0.25, 0.3) is 22.1 Å². The molecule has 0 aliphatic rings. The first-order valence-corrected chi connectivity index (χ1v) is 16.4. The second kappa shape index (κ2) is 12.0. The molecule has 0 aliphatic heterocycles. The van der Waals surface area contributed by atoms with Crippen molar-refractivity contribution in [3.05, 3.63) is 78.1 Å². The number of aliphatic carboxylic acids is 1. The van der Waals surface area contributed by atoms with Gasteiger partial charge in [0.1, 0.15) is 17.5 Å². The molecule has 1 heterocycles. The number of aryl methyl sites for hydroxylation is 1. The molecule has 222 valence electrons. The van der Waals surface area contributed by atoms with Crippen LogP contribution in [0.3, 0.4) is 0 Å². The average molecular weight is 614 g/mol. The number of carboxylic acids is 1. The number of carbonyl (C=O) groups is 2. The van der Waals surface area contributed by atoms with Gasteiger partial charge in [0.2, 0.25) is 10.0 Å². The van der Waals surface area contributed by atoms with E-state index < -0.39 is 43.7 Å². The van der Waals surface area contributed by atoms with Crippen molar-refractivity contribution in [3.63, 3.8) is 0 Å². The summed E-state index contributed by atoms with van der Waals surface area (Å²) in [6, 6.07) is 17.0. The van der Waals surface area contributed by atoms with Crippen LogP contribution < -0.4 is 15.4 Å². The highest BCUT2D eigenvalue weighted by molar-refractivity contribution is 7.92. The first-order chi connectivity index (χ1) is 19.7. The topological polar surface area (TPSA) is 172 Å². The van der Waals surface area contributed by atoms with Crippen molar-refractivity contribution < 1.29 is 35.9 Å². The maximum atomic E-state index is 13.0. The number of sulfone groups is 1. The highest BCUT2D eigenvalue weighted by Gasteiger charge is 2.24. The molecule has 3 aromatic carbocycles. The Balaban J connectivity index is 1.46. The summed E-state index contributed by atoms with van der Waals surface area (Å²) in [7, 11) is -7.30. The fourth-order valence-electron chi connectivity index (χ4n) is 4.48. The molecule has 0 aliphatic carbocycles. The zero-order chi connectivity index (χ0) is 30.8. The van der Waals surface area contributed by atoms with E-state index in [1.165, 1.54) is 12.1 Å². The summed E-state index contributed by atoms with van der Waals surface area (Å²) >= 11 is 0. The minimum absolute atomic E-state index is 0.0474. The van der Waals surface area contributed by atoms with Crippen LogP contribution >= 0.6 is 0 Å². The molecule has 1 atom stereocenters. The van der Waals surface area contributed by atoms with E-state index in [1.807, 2.05) is 0 Å². The minimum atomic E-state index is -3.76. The number of hydrogen-bond acceptors (Lipinski definition) is 8. The van der Waals surface area contributed by atoms with Crippen LogP contribution in [-0.4, -0.2) is 52.0 Å². The summed E-state index contributed by atoms with van der Waals surface area (Å²) in [5, 5.41) is 15.1. The molecule has 1 amide bonds. The molecule has 0 saturated carbocycles. The van der Waals surface area contributed by atoms with Crippen LogP contribution in [0.15, 0.2) is 76.0 Å². The third kappa shape index (κ3) is 6.98. The maximum absolute atomic E-state index is 13.0. The molecule has 4 aromatic rings. The number of nitrogens with one attached hydrogen (secondary N) is 3. The molecule has 1 unspecified atom stereocenters. The van der Waals surface area contributed by atoms with Crippen LogP contribution in [0, 0.1) is 12.8 Å². The number of carbonyl (C=O) groups excluding carboxylic acids is 1. The monoisotopic (exact) mass is 613 g/mol. The summed E-state index contributed by atoms with van der Waals surface area (Å²) in [5.74, 6) is -2.36. The molecule has 4 N–H and O–H groups in total. The summed E-state index contributed by atoms with van der Waals surface area (Å²) < 4.78 is 57.1. The fourth-order valence-corrected chi connectivity index (χ4v) is 6.17. The van der Waals surface area contributed by atoms with E-state index in [4.69, 9.17) is 4.42 Å². The largest absolute Gasteiger partial charge is 0.480 e. The Morgan fingerprint density at radius 2 is 1.50 bits per heavy atom. The molecule has 0 saturated heterocycles. The summed E-state index contributed by atoms with van der Waals surface area (Å²) in [6.45, 7) is 5.06. The zero-order valence-corrected chi connectivity index (χ0v) is 25.0. The van der Waals surface area contributed by atoms with Gasteiger partial charge in [0.15, 0.2) is 15.6 Å². The Morgan fingerprint density at radius 3 is 2.05 bits per heavy atom. The number of anilines is 2. The van der Waals surface area contributed by atoms with Gasteiger partial charge in [-0.25, -0.2) is 16.8 Å². The normalized spacial score (nSPS) is 12.8. The molecule has 1 aromatic heterocycles. The SMILES string of the molecule is Cc1c(C(=O)Nc2ccc(-c3ccc(S(=O)(=O)CNC(C(=O)O)C(C)C)cc3)cc2)oc2cccc(NS(C)(=O)=O)c12. The van der Waals surface area contributed by atoms with Gasteiger partial charge in [-0.3, -0.25) is 19.6 Å². The number of rotatable bonds is 11. The van der Waals surface area contributed by atoms with Gasteiger partial charge in [0.05, 0.1) is 16.8 Å². The third-order valence-corrected chi connectivity index (χ3v) is 8.70. The smallest absolute Gasteiger partial charge is 0.320 e. The number of fused-ring (bicyclic) bond motifs is 1. The van der Waals surface area contributed by atoms with E-state index in [0.29, 0.717) is 27.9 Å². The number of benzene rings is 3. The van der Waals surface area contributed by atoms with Crippen molar-refractivity contribution in [3.8, 4) is 11.1 Å². The molecule has 11 nitrogen and oxygen atoms in total. The molecular weight excluding hydrogens is 582 g/mol. The lowest BCUT2D eigenvalue weighted by Gasteiger charge is -2.18. The van der Waals surface area contributed by atoms with Gasteiger partial charge in [-0.05, 0) is 60.4 Å². The number of carboxylic acid groups (broad SMARTS) is 1. The van der Waals surface area contributed by atoms with Crippen molar-refractivity contribution in [2.24, 2.45) is 5.92 Å². The Labute approximate surface area is 243 Å². The second-order valence-corrected chi connectivity index (χ2v) is 13.9. The van der Waals surface area contributed by atoms with Crippen molar-refractivity contribution in [2.45, 2.75) is 31.7 Å². The Kier molecular flexibility index (Phi) is 8.76. The van der Waals surface area contributed by atoms with E-state index in [0.717, 1.165) is 17.4 Å². The Hall–Kier alpha value is -4.20. The Morgan fingerprint density at radius 1 is 0.905 bits per heavy atom. The summed E-state index contributed by atoms with van der Waals surface area (Å²) in [4.78, 5) is 24.4. The lowest BCUT2D eigenvalue weighted by molar-refractivity contribution is -0.140. The summed E-state index contributed by atoms with van der Waals surface area (Å²) in [6.07, 6.45) is 1.04. The van der Waals surface area contributed by atoms with Gasteiger partial charge < -0.3 is 14.8 Å². The molecule has 42 heavy (non-hydrogen) atoms. The Bertz CT molecular complexity index is 1850. The van der Waals surface area contributed by atoms with E-state index in [9.17, 15) is 31.5 Å². The molecule has 0 bridgehead atoms. The quantitative estimate of drug-likeness (QED) is 0.191. The van der Waals surface area contributed by atoms with Gasteiger partial charge in [-0.2, -0.15) is 0 Å². The van der Waals surface area contributed by atoms with Crippen LogP contribution in [0.4, 0.5) is 11.4 Å². The van der Waals surface area contributed by atoms with Gasteiger partial charge in [0.25, 0.3) is 5.91 Å². The first kappa shape index (κ1) is 30.8. The number of furan rings is 1. The number of sulfonamides is 1. The van der Waals surface area contributed by atoms with Crippen LogP contribution in [-0.2, 0) is 24.7 Å². The second-order valence-electron chi connectivity index (χ2n) is 10.2. The van der Waals surface area contributed by atoms with Crippen molar-refractivity contribution in [1.82, 2.24) is 5.32 Å². The lowest BCUT2D eigenvalue weighted by atomic mass is 10.1.